The molecule has 0 bridgehead atoms. The van der Waals surface area contributed by atoms with Gasteiger partial charge < -0.3 is 10.6 Å². The van der Waals surface area contributed by atoms with Crippen LogP contribution in [0.4, 0.5) is 0 Å². The number of carbonyl (C=O) groups is 1. The van der Waals surface area contributed by atoms with Gasteiger partial charge in [0.15, 0.2) is 0 Å². The second-order valence-electron chi connectivity index (χ2n) is 5.84. The first kappa shape index (κ1) is 19.4. The van der Waals surface area contributed by atoms with Crippen molar-refractivity contribution in [3.05, 3.63) is 0 Å². The van der Waals surface area contributed by atoms with Crippen LogP contribution >= 0.6 is 0 Å². The number of hydrogen-bond donors (Lipinski definition) is 1. The highest BCUT2D eigenvalue weighted by molar-refractivity contribution is 5.81. The zero-order chi connectivity index (χ0) is 15.2. The molecular formula is C17H36N2O. The van der Waals surface area contributed by atoms with Crippen molar-refractivity contribution in [3.8, 4) is 0 Å². The molecule has 3 heteroatoms. The fraction of sp³-hybridized carbons (Fsp3) is 0.941. The summed E-state index contributed by atoms with van der Waals surface area (Å²) in [6.45, 7) is 8.29. The second-order valence-corrected chi connectivity index (χ2v) is 5.84. The molecule has 0 rings (SSSR count). The summed E-state index contributed by atoms with van der Waals surface area (Å²) in [7, 11) is 0. The molecule has 0 aliphatic heterocycles. The second kappa shape index (κ2) is 13.4. The predicted octanol–water partition coefficient (Wildman–Crippen LogP) is 4.10. The van der Waals surface area contributed by atoms with Crippen LogP contribution in [0.3, 0.4) is 0 Å². The van der Waals surface area contributed by atoms with E-state index in [2.05, 4.69) is 20.8 Å². The first-order valence-electron chi connectivity index (χ1n) is 8.71. The third-order valence-electron chi connectivity index (χ3n) is 3.79. The number of nitrogens with two attached hydrogens (primary N) is 1. The zero-order valence-corrected chi connectivity index (χ0v) is 14.0. The fourth-order valence-electron chi connectivity index (χ4n) is 2.46. The molecule has 0 spiro atoms. The SMILES string of the molecule is CCCCCCN(CCCCCC)C(=O)[C@H](N)CCC. The van der Waals surface area contributed by atoms with Crippen LogP contribution in [-0.4, -0.2) is 29.9 Å². The van der Waals surface area contributed by atoms with E-state index in [0.29, 0.717) is 0 Å². The first-order chi connectivity index (χ1) is 9.67. The Kier molecular flexibility index (Phi) is 13.0. The van der Waals surface area contributed by atoms with Gasteiger partial charge in [0.25, 0.3) is 0 Å². The van der Waals surface area contributed by atoms with Crippen LogP contribution in [0.1, 0.15) is 85.0 Å². The Morgan fingerprint density at radius 1 is 0.850 bits per heavy atom. The molecule has 0 saturated carbocycles. The topological polar surface area (TPSA) is 46.3 Å². The summed E-state index contributed by atoms with van der Waals surface area (Å²) in [6, 6.07) is -0.294. The van der Waals surface area contributed by atoms with E-state index >= 15 is 0 Å². The van der Waals surface area contributed by atoms with E-state index in [9.17, 15) is 4.79 Å². The summed E-state index contributed by atoms with van der Waals surface area (Å²) in [5, 5.41) is 0. The number of nitrogens with zero attached hydrogens (tertiary/aromatic N) is 1. The lowest BCUT2D eigenvalue weighted by Crippen LogP contribution is -2.44. The highest BCUT2D eigenvalue weighted by atomic mass is 16.2. The molecule has 0 unspecified atom stereocenters. The zero-order valence-electron chi connectivity index (χ0n) is 14.0. The van der Waals surface area contributed by atoms with Gasteiger partial charge in [-0.1, -0.05) is 65.7 Å². The third kappa shape index (κ3) is 9.35. The Bertz CT molecular complexity index is 219. The van der Waals surface area contributed by atoms with E-state index in [1.807, 2.05) is 4.90 Å². The maximum Gasteiger partial charge on any atom is 0.239 e. The Balaban J connectivity index is 4.18. The Morgan fingerprint density at radius 2 is 1.35 bits per heavy atom. The van der Waals surface area contributed by atoms with E-state index in [1.54, 1.807) is 0 Å². The molecule has 0 aromatic rings. The number of hydrogen-bond acceptors (Lipinski definition) is 2. The molecule has 20 heavy (non-hydrogen) atoms. The largest absolute Gasteiger partial charge is 0.341 e. The van der Waals surface area contributed by atoms with Crippen LogP contribution in [0.2, 0.25) is 0 Å². The summed E-state index contributed by atoms with van der Waals surface area (Å²) in [5.41, 5.74) is 6.00. The number of rotatable bonds is 13. The molecule has 0 aromatic heterocycles. The molecule has 0 heterocycles. The minimum absolute atomic E-state index is 0.167. The van der Waals surface area contributed by atoms with Crippen LogP contribution in [0.25, 0.3) is 0 Å². The third-order valence-corrected chi connectivity index (χ3v) is 3.79. The van der Waals surface area contributed by atoms with Gasteiger partial charge in [0.1, 0.15) is 0 Å². The minimum Gasteiger partial charge on any atom is -0.341 e. The van der Waals surface area contributed by atoms with Crippen molar-refractivity contribution in [2.24, 2.45) is 5.73 Å². The van der Waals surface area contributed by atoms with Crippen LogP contribution in [-0.2, 0) is 4.79 Å². The first-order valence-corrected chi connectivity index (χ1v) is 8.71. The quantitative estimate of drug-likeness (QED) is 0.517. The molecule has 0 aromatic carbocycles. The van der Waals surface area contributed by atoms with Gasteiger partial charge >= 0.3 is 0 Å². The molecule has 0 aliphatic rings. The number of carbonyl (C=O) groups excluding carboxylic acids is 1. The Morgan fingerprint density at radius 3 is 1.75 bits per heavy atom. The summed E-state index contributed by atoms with van der Waals surface area (Å²) in [4.78, 5) is 14.4. The van der Waals surface area contributed by atoms with Gasteiger partial charge in [-0.3, -0.25) is 4.79 Å². The lowest BCUT2D eigenvalue weighted by molar-refractivity contribution is -0.133. The molecule has 0 aliphatic carbocycles. The predicted molar refractivity (Wildman–Crippen MR) is 87.7 cm³/mol. The smallest absolute Gasteiger partial charge is 0.239 e. The van der Waals surface area contributed by atoms with Gasteiger partial charge in [0.2, 0.25) is 5.91 Å². The fourth-order valence-corrected chi connectivity index (χ4v) is 2.46. The average molecular weight is 284 g/mol. The van der Waals surface area contributed by atoms with Gasteiger partial charge in [-0.2, -0.15) is 0 Å². The van der Waals surface area contributed by atoms with Crippen molar-refractivity contribution >= 4 is 5.91 Å². The van der Waals surface area contributed by atoms with Gasteiger partial charge in [-0.25, -0.2) is 0 Å². The maximum atomic E-state index is 12.4. The normalized spacial score (nSPS) is 12.4. The molecule has 2 N–H and O–H groups in total. The lowest BCUT2D eigenvalue weighted by Gasteiger charge is -2.26. The lowest BCUT2D eigenvalue weighted by atomic mass is 10.1. The van der Waals surface area contributed by atoms with Crippen LogP contribution in [0.15, 0.2) is 0 Å². The molecule has 3 nitrogen and oxygen atoms in total. The van der Waals surface area contributed by atoms with Crippen LogP contribution < -0.4 is 5.73 Å². The van der Waals surface area contributed by atoms with E-state index < -0.39 is 0 Å². The highest BCUT2D eigenvalue weighted by Crippen LogP contribution is 2.08. The summed E-state index contributed by atoms with van der Waals surface area (Å²) < 4.78 is 0. The van der Waals surface area contributed by atoms with Gasteiger partial charge in [0.05, 0.1) is 6.04 Å². The molecule has 1 amide bonds. The van der Waals surface area contributed by atoms with E-state index in [4.69, 9.17) is 5.73 Å². The van der Waals surface area contributed by atoms with Gasteiger partial charge in [-0.15, -0.1) is 0 Å². The van der Waals surface area contributed by atoms with E-state index in [-0.39, 0.29) is 11.9 Å². The van der Waals surface area contributed by atoms with Gasteiger partial charge in [0, 0.05) is 13.1 Å². The molecule has 0 saturated heterocycles. The van der Waals surface area contributed by atoms with Crippen molar-refractivity contribution in [1.29, 1.82) is 0 Å². The summed E-state index contributed by atoms with van der Waals surface area (Å²) in [5.74, 6) is 0.167. The Labute approximate surface area is 126 Å². The van der Waals surface area contributed by atoms with Gasteiger partial charge in [-0.05, 0) is 19.3 Å². The molecule has 120 valence electrons. The monoisotopic (exact) mass is 284 g/mol. The van der Waals surface area contributed by atoms with Crippen molar-refractivity contribution in [3.63, 3.8) is 0 Å². The molecule has 0 radical (unpaired) electrons. The molecule has 1 atom stereocenters. The van der Waals surface area contributed by atoms with Crippen LogP contribution in [0.5, 0.6) is 0 Å². The standard InChI is InChI=1S/C17H36N2O/c1-4-7-9-11-14-19(15-12-10-8-5-2)17(20)16(18)13-6-3/h16H,4-15,18H2,1-3H3/t16-/m1/s1. The van der Waals surface area contributed by atoms with Crippen molar-refractivity contribution in [2.75, 3.05) is 13.1 Å². The van der Waals surface area contributed by atoms with Crippen molar-refractivity contribution < 1.29 is 4.79 Å². The average Bonchev–Trinajstić information content (AvgIpc) is 2.45. The van der Waals surface area contributed by atoms with E-state index in [0.717, 1.165) is 38.8 Å². The Hall–Kier alpha value is -0.570. The van der Waals surface area contributed by atoms with Crippen molar-refractivity contribution in [2.45, 2.75) is 91.0 Å². The number of amides is 1. The number of unbranched alkanes of at least 4 members (excludes halogenated alkanes) is 6. The van der Waals surface area contributed by atoms with E-state index in [1.165, 1.54) is 38.5 Å². The van der Waals surface area contributed by atoms with Crippen molar-refractivity contribution in [1.82, 2.24) is 4.90 Å². The minimum atomic E-state index is -0.294. The van der Waals surface area contributed by atoms with Crippen LogP contribution in [0, 0.1) is 0 Å². The molecule has 0 fully saturated rings. The maximum absolute atomic E-state index is 12.4. The molecular weight excluding hydrogens is 248 g/mol. The summed E-state index contributed by atoms with van der Waals surface area (Å²) in [6.07, 6.45) is 11.5. The summed E-state index contributed by atoms with van der Waals surface area (Å²) >= 11 is 0. The highest BCUT2D eigenvalue weighted by Gasteiger charge is 2.19.